The van der Waals surface area contributed by atoms with E-state index in [4.69, 9.17) is 9.47 Å². The van der Waals surface area contributed by atoms with Crippen molar-refractivity contribution in [3.8, 4) is 5.75 Å². The third kappa shape index (κ3) is 7.62. The van der Waals surface area contributed by atoms with Gasteiger partial charge >= 0.3 is 5.97 Å². The number of methoxy groups -OCH3 is 1. The Morgan fingerprint density at radius 3 is 2.55 bits per heavy atom. The van der Waals surface area contributed by atoms with E-state index in [0.717, 1.165) is 65.7 Å². The number of benzene rings is 2. The second kappa shape index (κ2) is 14.9. The molecule has 8 nitrogen and oxygen atoms in total. The molecule has 0 amide bonds. The van der Waals surface area contributed by atoms with Crippen LogP contribution in [0.5, 0.6) is 5.75 Å². The normalized spacial score (nSPS) is 20.4. The number of hydrogen-bond acceptors (Lipinski definition) is 8. The second-order valence-corrected chi connectivity index (χ2v) is 14.5. The molecule has 2 atom stereocenters. The standard InChI is InChI=1S/C25H35N3O3S2.C7H12O2/c1-5-19-10-6-7-15-27(19)16-9-17-28-21-11-8-12-24(33(29,30)26(2)3)25(21)32-23-14-13-20(31-4)18-22(23)28;1-2-3-6-4-5-7(8)9-6/h8,11-14,18-19H,5-7,9-10,15-17H2,1-4H3;6H,2-5H2,1H3. The van der Waals surface area contributed by atoms with Crippen molar-refractivity contribution in [1.82, 2.24) is 9.21 Å². The van der Waals surface area contributed by atoms with Gasteiger partial charge in [-0.05, 0) is 69.3 Å². The van der Waals surface area contributed by atoms with Crippen LogP contribution in [-0.2, 0) is 19.6 Å². The Kier molecular flexibility index (Phi) is 11.6. The summed E-state index contributed by atoms with van der Waals surface area (Å²) in [5.41, 5.74) is 2.03. The lowest BCUT2D eigenvalue weighted by Crippen LogP contribution is -2.40. The van der Waals surface area contributed by atoms with Gasteiger partial charge in [0.2, 0.25) is 10.0 Å². The minimum atomic E-state index is -3.55. The van der Waals surface area contributed by atoms with Crippen LogP contribution in [0.3, 0.4) is 0 Å². The van der Waals surface area contributed by atoms with Crippen molar-refractivity contribution in [2.24, 2.45) is 0 Å². The molecule has 0 N–H and O–H groups in total. The Bertz CT molecular complexity index is 1320. The number of sulfonamides is 1. The number of rotatable bonds is 10. The van der Waals surface area contributed by atoms with Gasteiger partial charge < -0.3 is 19.3 Å². The number of piperidine rings is 1. The predicted octanol–water partition coefficient (Wildman–Crippen LogP) is 6.69. The highest BCUT2D eigenvalue weighted by molar-refractivity contribution is 8.00. The van der Waals surface area contributed by atoms with Gasteiger partial charge in [0.05, 0.1) is 28.3 Å². The minimum Gasteiger partial charge on any atom is -0.497 e. The summed E-state index contributed by atoms with van der Waals surface area (Å²) in [6.07, 6.45) is 10.1. The molecule has 2 fully saturated rings. The van der Waals surface area contributed by atoms with E-state index in [1.807, 2.05) is 24.3 Å². The molecular weight excluding hydrogens is 571 g/mol. The number of cyclic esters (lactones) is 1. The molecular formula is C32H47N3O5S2. The summed E-state index contributed by atoms with van der Waals surface area (Å²) in [5, 5.41) is 0. The molecule has 2 saturated heterocycles. The third-order valence-electron chi connectivity index (χ3n) is 8.30. The molecule has 2 aromatic carbocycles. The summed E-state index contributed by atoms with van der Waals surface area (Å²) in [6, 6.07) is 12.3. The molecule has 0 bridgehead atoms. The van der Waals surface area contributed by atoms with Gasteiger partial charge in [-0.2, -0.15) is 0 Å². The first-order valence-electron chi connectivity index (χ1n) is 15.3. The Morgan fingerprint density at radius 1 is 1.07 bits per heavy atom. The largest absolute Gasteiger partial charge is 0.497 e. The highest BCUT2D eigenvalue weighted by Gasteiger charge is 2.31. The second-order valence-electron chi connectivity index (χ2n) is 11.4. The average Bonchev–Trinajstić information content (AvgIpc) is 3.41. The van der Waals surface area contributed by atoms with Gasteiger partial charge in [-0.15, -0.1) is 0 Å². The Balaban J connectivity index is 0.000000385. The fraction of sp³-hybridized carbons (Fsp3) is 0.594. The molecule has 3 aliphatic rings. The fourth-order valence-electron chi connectivity index (χ4n) is 5.98. The highest BCUT2D eigenvalue weighted by atomic mass is 32.2. The SMILES string of the molecule is CCC1CCCCN1CCCN1c2cc(OC)ccc2Sc2c1cccc2S(=O)(=O)N(C)C.CCCC1CCC(=O)O1. The van der Waals surface area contributed by atoms with Crippen LogP contribution in [0.1, 0.15) is 71.6 Å². The van der Waals surface area contributed by atoms with Crippen LogP contribution < -0.4 is 9.64 Å². The first kappa shape index (κ1) is 32.6. The van der Waals surface area contributed by atoms with Crippen LogP contribution in [0.4, 0.5) is 11.4 Å². The third-order valence-corrected chi connectivity index (χ3v) is 11.5. The first-order valence-corrected chi connectivity index (χ1v) is 17.6. The van der Waals surface area contributed by atoms with Crippen LogP contribution in [0, 0.1) is 0 Å². The van der Waals surface area contributed by atoms with Crippen LogP contribution in [0.15, 0.2) is 51.1 Å². The smallest absolute Gasteiger partial charge is 0.306 e. The van der Waals surface area contributed by atoms with Crippen molar-refractivity contribution >= 4 is 39.1 Å². The van der Waals surface area contributed by atoms with Gasteiger partial charge in [0.1, 0.15) is 11.9 Å². The van der Waals surface area contributed by atoms with Crippen LogP contribution in [-0.4, -0.2) is 76.6 Å². The number of ether oxygens (including phenoxy) is 2. The number of carbonyl (C=O) groups is 1. The molecule has 0 aliphatic carbocycles. The monoisotopic (exact) mass is 617 g/mol. The molecule has 3 heterocycles. The zero-order chi connectivity index (χ0) is 30.3. The lowest BCUT2D eigenvalue weighted by atomic mass is 10.00. The average molecular weight is 618 g/mol. The van der Waals surface area contributed by atoms with E-state index in [0.29, 0.717) is 17.4 Å². The Hall–Kier alpha value is -2.27. The van der Waals surface area contributed by atoms with E-state index in [1.54, 1.807) is 27.3 Å². The maximum atomic E-state index is 13.1. The molecule has 0 saturated carbocycles. The van der Waals surface area contributed by atoms with Crippen molar-refractivity contribution in [1.29, 1.82) is 0 Å². The highest BCUT2D eigenvalue weighted by Crippen LogP contribution is 2.51. The fourth-order valence-corrected chi connectivity index (χ4v) is 8.48. The number of carbonyl (C=O) groups excluding carboxylic acids is 1. The van der Waals surface area contributed by atoms with Gasteiger partial charge in [0.15, 0.2) is 0 Å². The van der Waals surface area contributed by atoms with Gasteiger partial charge in [0.25, 0.3) is 0 Å². The number of fused-ring (bicyclic) bond motifs is 2. The van der Waals surface area contributed by atoms with Crippen molar-refractivity contribution in [2.45, 2.75) is 98.5 Å². The van der Waals surface area contributed by atoms with Crippen LogP contribution >= 0.6 is 11.8 Å². The lowest BCUT2D eigenvalue weighted by Gasteiger charge is -2.37. The van der Waals surface area contributed by atoms with Crippen molar-refractivity contribution in [3.05, 3.63) is 36.4 Å². The van der Waals surface area contributed by atoms with Crippen LogP contribution in [0.25, 0.3) is 0 Å². The van der Waals surface area contributed by atoms with Gasteiger partial charge in [0, 0.05) is 50.6 Å². The summed E-state index contributed by atoms with van der Waals surface area (Å²) < 4.78 is 37.9. The maximum Gasteiger partial charge on any atom is 0.306 e. The number of esters is 1. The maximum absolute atomic E-state index is 13.1. The lowest BCUT2D eigenvalue weighted by molar-refractivity contribution is -0.141. The molecule has 3 aliphatic heterocycles. The van der Waals surface area contributed by atoms with E-state index in [9.17, 15) is 13.2 Å². The summed E-state index contributed by atoms with van der Waals surface area (Å²) in [7, 11) is 1.30. The summed E-state index contributed by atoms with van der Waals surface area (Å²) in [6.45, 7) is 7.46. The molecule has 2 aromatic rings. The topological polar surface area (TPSA) is 79.4 Å². The van der Waals surface area contributed by atoms with Gasteiger partial charge in [-0.1, -0.05) is 44.5 Å². The van der Waals surface area contributed by atoms with E-state index in [2.05, 4.69) is 29.7 Å². The van der Waals surface area contributed by atoms with Crippen molar-refractivity contribution < 1.29 is 22.7 Å². The Morgan fingerprint density at radius 2 is 1.88 bits per heavy atom. The zero-order valence-corrected chi connectivity index (χ0v) is 27.4. The quantitative estimate of drug-likeness (QED) is 0.273. The number of likely N-dealkylation sites (tertiary alicyclic amines) is 1. The summed E-state index contributed by atoms with van der Waals surface area (Å²) in [4.78, 5) is 17.6. The number of nitrogens with zero attached hydrogens (tertiary/aromatic N) is 3. The molecule has 0 spiro atoms. The molecule has 0 aromatic heterocycles. The van der Waals surface area contributed by atoms with Crippen molar-refractivity contribution in [2.75, 3.05) is 45.7 Å². The number of hydrogen-bond donors (Lipinski definition) is 0. The summed E-state index contributed by atoms with van der Waals surface area (Å²) in [5.74, 6) is 0.787. The van der Waals surface area contributed by atoms with E-state index in [-0.39, 0.29) is 12.1 Å². The zero-order valence-electron chi connectivity index (χ0n) is 25.8. The molecule has 10 heteroatoms. The van der Waals surface area contributed by atoms with E-state index >= 15 is 0 Å². The molecule has 5 rings (SSSR count). The van der Waals surface area contributed by atoms with Gasteiger partial charge in [-0.25, -0.2) is 12.7 Å². The number of anilines is 2. The summed E-state index contributed by atoms with van der Waals surface area (Å²) >= 11 is 1.53. The van der Waals surface area contributed by atoms with E-state index < -0.39 is 10.0 Å². The molecule has 42 heavy (non-hydrogen) atoms. The first-order chi connectivity index (χ1) is 20.2. The van der Waals surface area contributed by atoms with Crippen LogP contribution in [0.2, 0.25) is 0 Å². The molecule has 2 unspecified atom stereocenters. The molecule has 0 radical (unpaired) electrons. The van der Waals surface area contributed by atoms with E-state index in [1.165, 1.54) is 48.3 Å². The predicted molar refractivity (Wildman–Crippen MR) is 170 cm³/mol. The Labute approximate surface area is 256 Å². The van der Waals surface area contributed by atoms with Gasteiger partial charge in [-0.3, -0.25) is 4.79 Å². The van der Waals surface area contributed by atoms with Crippen molar-refractivity contribution in [3.63, 3.8) is 0 Å². The molecule has 232 valence electrons. The minimum absolute atomic E-state index is 0.0200.